The molecule has 21 heavy (non-hydrogen) atoms. The second-order valence-electron chi connectivity index (χ2n) is 5.92. The number of thioether (sulfide) groups is 1. The number of carbonyl (C=O) groups excluding carboxylic acids is 2. The number of nitrogens with one attached hydrogen (secondary N) is 2. The Morgan fingerprint density at radius 3 is 2.05 bits per heavy atom. The molecule has 0 saturated carbocycles. The minimum Gasteiger partial charge on any atom is -0.344 e. The van der Waals surface area contributed by atoms with E-state index < -0.39 is 0 Å². The van der Waals surface area contributed by atoms with Gasteiger partial charge in [-0.05, 0) is 52.1 Å². The van der Waals surface area contributed by atoms with Gasteiger partial charge in [0.15, 0.2) is 0 Å². The molecule has 7 heteroatoms. The quantitative estimate of drug-likeness (QED) is 0.807. The lowest BCUT2D eigenvalue weighted by Crippen LogP contribution is -2.52. The fourth-order valence-electron chi connectivity index (χ4n) is 2.87. The third-order valence-electron chi connectivity index (χ3n) is 4.34. The zero-order chi connectivity index (χ0) is 15.2. The van der Waals surface area contributed by atoms with Crippen LogP contribution in [-0.4, -0.2) is 72.6 Å². The number of hydrogen-bond acceptors (Lipinski definition) is 4. The Hall–Kier alpha value is -0.950. The number of piperidine rings is 2. The van der Waals surface area contributed by atoms with Gasteiger partial charge in [0.2, 0.25) is 0 Å². The van der Waals surface area contributed by atoms with Crippen molar-refractivity contribution in [2.45, 2.75) is 37.8 Å². The van der Waals surface area contributed by atoms with E-state index in [0.717, 1.165) is 51.9 Å². The highest BCUT2D eigenvalue weighted by atomic mass is 32.2. The molecule has 2 aliphatic rings. The first kappa shape index (κ1) is 16.4. The summed E-state index contributed by atoms with van der Waals surface area (Å²) in [5, 5.41) is 6.14. The number of nitrogens with zero attached hydrogens (tertiary/aromatic N) is 2. The third kappa shape index (κ3) is 5.07. The van der Waals surface area contributed by atoms with Gasteiger partial charge < -0.3 is 20.4 Å². The molecule has 3 amide bonds. The number of urea groups is 1. The van der Waals surface area contributed by atoms with Crippen LogP contribution < -0.4 is 10.6 Å². The second kappa shape index (κ2) is 7.89. The van der Waals surface area contributed by atoms with Gasteiger partial charge in [0.25, 0.3) is 5.24 Å². The predicted octanol–water partition coefficient (Wildman–Crippen LogP) is 1.33. The minimum absolute atomic E-state index is 0.0178. The second-order valence-corrected chi connectivity index (χ2v) is 6.70. The first-order valence-electron chi connectivity index (χ1n) is 7.67. The molecule has 0 radical (unpaired) electrons. The Bertz CT molecular complexity index is 364. The van der Waals surface area contributed by atoms with Crippen LogP contribution >= 0.6 is 11.8 Å². The maximum atomic E-state index is 12.2. The lowest BCUT2D eigenvalue weighted by atomic mass is 10.0. The van der Waals surface area contributed by atoms with Crippen LogP contribution in [0, 0.1) is 0 Å². The Labute approximate surface area is 131 Å². The van der Waals surface area contributed by atoms with Crippen molar-refractivity contribution in [3.63, 3.8) is 0 Å². The Morgan fingerprint density at radius 1 is 0.952 bits per heavy atom. The third-order valence-corrected chi connectivity index (χ3v) is 4.82. The first-order valence-corrected chi connectivity index (χ1v) is 8.89. The lowest BCUT2D eigenvalue weighted by molar-refractivity contribution is 0.165. The van der Waals surface area contributed by atoms with Gasteiger partial charge in [-0.25, -0.2) is 4.79 Å². The summed E-state index contributed by atoms with van der Waals surface area (Å²) in [4.78, 5) is 27.8. The molecule has 0 aromatic heterocycles. The zero-order valence-corrected chi connectivity index (χ0v) is 13.7. The van der Waals surface area contributed by atoms with Gasteiger partial charge in [0.1, 0.15) is 0 Å². The van der Waals surface area contributed by atoms with E-state index in [0.29, 0.717) is 6.04 Å². The first-order chi connectivity index (χ1) is 10.1. The molecule has 2 heterocycles. The molecule has 6 nitrogen and oxygen atoms in total. The summed E-state index contributed by atoms with van der Waals surface area (Å²) in [6.45, 7) is 3.54. The number of amides is 3. The highest BCUT2D eigenvalue weighted by Gasteiger charge is 2.26. The summed E-state index contributed by atoms with van der Waals surface area (Å²) in [7, 11) is 2.12. The summed E-state index contributed by atoms with van der Waals surface area (Å²) in [5.41, 5.74) is 0. The van der Waals surface area contributed by atoms with Crippen molar-refractivity contribution in [2.75, 3.05) is 39.5 Å². The number of rotatable bonds is 2. The van der Waals surface area contributed by atoms with E-state index in [2.05, 4.69) is 22.6 Å². The highest BCUT2D eigenvalue weighted by molar-refractivity contribution is 8.12. The fraction of sp³-hybridized carbons (Fsp3) is 0.857. The van der Waals surface area contributed by atoms with Gasteiger partial charge in [-0.15, -0.1) is 0 Å². The Balaban J connectivity index is 1.69. The number of carbonyl (C=O) groups is 2. The number of hydrogen-bond donors (Lipinski definition) is 2. The van der Waals surface area contributed by atoms with Crippen molar-refractivity contribution in [3.05, 3.63) is 0 Å². The van der Waals surface area contributed by atoms with Crippen molar-refractivity contribution < 1.29 is 9.59 Å². The maximum absolute atomic E-state index is 12.2. The van der Waals surface area contributed by atoms with Gasteiger partial charge in [-0.2, -0.15) is 0 Å². The van der Waals surface area contributed by atoms with Crippen LogP contribution in [0.3, 0.4) is 0 Å². The van der Waals surface area contributed by atoms with Crippen molar-refractivity contribution >= 4 is 23.0 Å². The van der Waals surface area contributed by atoms with Crippen LogP contribution in [0.2, 0.25) is 0 Å². The maximum Gasteiger partial charge on any atom is 0.317 e. The molecule has 2 fully saturated rings. The Kier molecular flexibility index (Phi) is 6.17. The average Bonchev–Trinajstić information content (AvgIpc) is 2.50. The molecule has 2 N–H and O–H groups in total. The Morgan fingerprint density at radius 2 is 1.48 bits per heavy atom. The molecular weight excluding hydrogens is 288 g/mol. The topological polar surface area (TPSA) is 64.7 Å². The standard InChI is InChI=1S/C14H26N4O2S/c1-17-7-3-11(4-8-17)15-13(19)18-9-5-12(6-10-18)16-14(20)21-2/h11-12H,3-10H2,1-2H3,(H,15,19)(H,16,20). The van der Waals surface area contributed by atoms with Crippen molar-refractivity contribution in [2.24, 2.45) is 0 Å². The van der Waals surface area contributed by atoms with E-state index in [-0.39, 0.29) is 17.3 Å². The zero-order valence-electron chi connectivity index (χ0n) is 12.9. The minimum atomic E-state index is 0.0178. The molecule has 0 bridgehead atoms. The molecule has 2 rings (SSSR count). The van der Waals surface area contributed by atoms with Crippen molar-refractivity contribution in [1.29, 1.82) is 0 Å². The van der Waals surface area contributed by atoms with Crippen LogP contribution in [-0.2, 0) is 0 Å². The van der Waals surface area contributed by atoms with Gasteiger partial charge in [0, 0.05) is 25.2 Å². The monoisotopic (exact) mass is 314 g/mol. The van der Waals surface area contributed by atoms with E-state index in [4.69, 9.17) is 0 Å². The van der Waals surface area contributed by atoms with E-state index in [1.165, 1.54) is 11.8 Å². The molecule has 0 atom stereocenters. The highest BCUT2D eigenvalue weighted by Crippen LogP contribution is 2.13. The van der Waals surface area contributed by atoms with E-state index >= 15 is 0 Å². The van der Waals surface area contributed by atoms with E-state index in [9.17, 15) is 9.59 Å². The van der Waals surface area contributed by atoms with Gasteiger partial charge in [-0.3, -0.25) is 4.79 Å². The molecule has 2 saturated heterocycles. The van der Waals surface area contributed by atoms with Crippen molar-refractivity contribution in [3.8, 4) is 0 Å². The molecule has 0 aliphatic carbocycles. The van der Waals surface area contributed by atoms with Crippen LogP contribution in [0.15, 0.2) is 0 Å². The summed E-state index contributed by atoms with van der Waals surface area (Å²) < 4.78 is 0. The van der Waals surface area contributed by atoms with Crippen LogP contribution in [0.25, 0.3) is 0 Å². The summed E-state index contributed by atoms with van der Waals surface area (Å²) >= 11 is 1.20. The molecular formula is C14H26N4O2S. The van der Waals surface area contributed by atoms with Gasteiger partial charge >= 0.3 is 6.03 Å². The molecule has 0 spiro atoms. The largest absolute Gasteiger partial charge is 0.344 e. The molecule has 0 aromatic rings. The fourth-order valence-corrected chi connectivity index (χ4v) is 3.16. The van der Waals surface area contributed by atoms with Crippen LogP contribution in [0.1, 0.15) is 25.7 Å². The van der Waals surface area contributed by atoms with Gasteiger partial charge in [-0.1, -0.05) is 11.8 Å². The smallest absolute Gasteiger partial charge is 0.317 e. The lowest BCUT2D eigenvalue weighted by Gasteiger charge is -2.35. The summed E-state index contributed by atoms with van der Waals surface area (Å²) in [6, 6.07) is 0.569. The average molecular weight is 314 g/mol. The van der Waals surface area contributed by atoms with Crippen LogP contribution in [0.5, 0.6) is 0 Å². The normalized spacial score (nSPS) is 22.1. The molecule has 0 unspecified atom stereocenters. The SMILES string of the molecule is CSC(=O)NC1CCN(C(=O)NC2CCN(C)CC2)CC1. The van der Waals surface area contributed by atoms with Gasteiger partial charge in [0.05, 0.1) is 0 Å². The number of likely N-dealkylation sites (tertiary alicyclic amines) is 2. The predicted molar refractivity (Wildman–Crippen MR) is 85.7 cm³/mol. The summed E-state index contributed by atoms with van der Waals surface area (Å²) in [6.07, 6.45) is 5.52. The van der Waals surface area contributed by atoms with E-state index in [1.807, 2.05) is 4.90 Å². The summed E-state index contributed by atoms with van der Waals surface area (Å²) in [5.74, 6) is 0. The van der Waals surface area contributed by atoms with E-state index in [1.54, 1.807) is 6.26 Å². The molecule has 0 aromatic carbocycles. The molecule has 120 valence electrons. The molecule has 2 aliphatic heterocycles. The van der Waals surface area contributed by atoms with Crippen LogP contribution in [0.4, 0.5) is 9.59 Å². The van der Waals surface area contributed by atoms with Crippen molar-refractivity contribution in [1.82, 2.24) is 20.4 Å².